The first-order valence-electron chi connectivity index (χ1n) is 24.1. The van der Waals surface area contributed by atoms with E-state index in [2.05, 4.69) is 31.3 Å². The van der Waals surface area contributed by atoms with Gasteiger partial charge in [-0.3, -0.25) is 4.79 Å². The summed E-state index contributed by atoms with van der Waals surface area (Å²) in [5, 5.41) is 119. The zero-order valence-electron chi connectivity index (χ0n) is 38.5. The van der Waals surface area contributed by atoms with Gasteiger partial charge in [0.15, 0.2) is 18.9 Å². The number of ether oxygens (including phenoxy) is 6. The molecular formula is C46H83NO18. The van der Waals surface area contributed by atoms with Crippen LogP contribution in [0.15, 0.2) is 24.3 Å². The van der Waals surface area contributed by atoms with Crippen molar-refractivity contribution in [2.24, 2.45) is 0 Å². The molecule has 0 radical (unpaired) electrons. The molecule has 3 rings (SSSR count). The standard InChI is InChI=1S/C46H83NO18/c1-3-5-7-9-10-11-12-13-14-15-16-17-18-19-20-21-23-30(51)29(47-34(52)24-22-8-6-4-2)28-60-44-40(58)37(55)42(32(26-49)62-44)65-46-41(59)38(56)43(33(27-50)63-46)64-45-39(57)36(54)35(53)31(25-48)61-45/h17-18,21,23,29-33,35-46,48-51,53-59H,3-16,19-20,22,24-28H2,1-2H3,(H,47,52)/b18-17+,23-21+. The molecule has 0 aromatic carbocycles. The molecule has 19 heteroatoms. The van der Waals surface area contributed by atoms with Crippen molar-refractivity contribution in [3.8, 4) is 0 Å². The van der Waals surface area contributed by atoms with E-state index < -0.39 is 124 Å². The predicted octanol–water partition coefficient (Wildman–Crippen LogP) is 0.471. The second kappa shape index (κ2) is 32.2. The largest absolute Gasteiger partial charge is 0.394 e. The van der Waals surface area contributed by atoms with E-state index >= 15 is 0 Å². The van der Waals surface area contributed by atoms with E-state index in [1.165, 1.54) is 57.8 Å². The number of hydrogen-bond acceptors (Lipinski definition) is 18. The van der Waals surface area contributed by atoms with Gasteiger partial charge in [0, 0.05) is 6.42 Å². The zero-order valence-corrected chi connectivity index (χ0v) is 38.5. The van der Waals surface area contributed by atoms with Gasteiger partial charge in [-0.05, 0) is 32.1 Å². The van der Waals surface area contributed by atoms with E-state index in [9.17, 15) is 61.0 Å². The quantitative estimate of drug-likeness (QED) is 0.0322. The van der Waals surface area contributed by atoms with Crippen LogP contribution in [0.5, 0.6) is 0 Å². The average molecular weight is 938 g/mol. The van der Waals surface area contributed by atoms with Crippen molar-refractivity contribution >= 4 is 5.91 Å². The number of allylic oxidation sites excluding steroid dienone is 3. The second-order valence-corrected chi connectivity index (χ2v) is 17.6. The van der Waals surface area contributed by atoms with Crippen molar-refractivity contribution < 1.29 is 89.4 Å². The van der Waals surface area contributed by atoms with Crippen LogP contribution in [0.3, 0.4) is 0 Å². The number of aliphatic hydroxyl groups is 11. The smallest absolute Gasteiger partial charge is 0.220 e. The van der Waals surface area contributed by atoms with Gasteiger partial charge in [0.1, 0.15) is 73.2 Å². The van der Waals surface area contributed by atoms with Gasteiger partial charge in [0.05, 0.1) is 38.6 Å². The molecule has 0 bridgehead atoms. The third kappa shape index (κ3) is 18.9. The fourth-order valence-electron chi connectivity index (χ4n) is 8.14. The monoisotopic (exact) mass is 938 g/mol. The van der Waals surface area contributed by atoms with Crippen molar-refractivity contribution in [3.63, 3.8) is 0 Å². The van der Waals surface area contributed by atoms with Crippen LogP contribution in [0.1, 0.15) is 129 Å². The third-order valence-electron chi connectivity index (χ3n) is 12.3. The molecule has 3 aliphatic rings. The van der Waals surface area contributed by atoms with Gasteiger partial charge >= 0.3 is 0 Å². The van der Waals surface area contributed by atoms with Crippen LogP contribution in [0.2, 0.25) is 0 Å². The highest BCUT2D eigenvalue weighted by molar-refractivity contribution is 5.76. The summed E-state index contributed by atoms with van der Waals surface area (Å²) in [5.74, 6) is -0.306. The molecule has 0 aliphatic carbocycles. The molecule has 380 valence electrons. The highest BCUT2D eigenvalue weighted by atomic mass is 16.8. The minimum atomic E-state index is -1.98. The Bertz CT molecular complexity index is 1310. The topological polar surface area (TPSA) is 307 Å². The van der Waals surface area contributed by atoms with E-state index in [1.807, 2.05) is 6.08 Å². The highest BCUT2D eigenvalue weighted by Gasteiger charge is 2.53. The Morgan fingerprint density at radius 2 is 0.985 bits per heavy atom. The van der Waals surface area contributed by atoms with Crippen LogP contribution in [0.25, 0.3) is 0 Å². The molecular weight excluding hydrogens is 854 g/mol. The minimum Gasteiger partial charge on any atom is -0.394 e. The van der Waals surface area contributed by atoms with Crippen molar-refractivity contribution in [2.75, 3.05) is 26.4 Å². The Morgan fingerprint density at radius 1 is 0.538 bits per heavy atom. The molecule has 1 amide bonds. The molecule has 0 aromatic rings. The first kappa shape index (κ1) is 57.6. The first-order chi connectivity index (χ1) is 31.3. The number of hydrogen-bond donors (Lipinski definition) is 12. The Balaban J connectivity index is 1.55. The molecule has 12 N–H and O–H groups in total. The zero-order chi connectivity index (χ0) is 47.7. The number of amides is 1. The van der Waals surface area contributed by atoms with Crippen LogP contribution in [0.4, 0.5) is 0 Å². The van der Waals surface area contributed by atoms with E-state index in [-0.39, 0.29) is 18.9 Å². The van der Waals surface area contributed by atoms with E-state index in [1.54, 1.807) is 6.08 Å². The average Bonchev–Trinajstić information content (AvgIpc) is 3.30. The lowest BCUT2D eigenvalue weighted by atomic mass is 9.96. The highest BCUT2D eigenvalue weighted by Crippen LogP contribution is 2.33. The number of carbonyl (C=O) groups is 1. The first-order valence-corrected chi connectivity index (χ1v) is 24.1. The van der Waals surface area contributed by atoms with Gasteiger partial charge in [0.2, 0.25) is 5.91 Å². The maximum Gasteiger partial charge on any atom is 0.220 e. The van der Waals surface area contributed by atoms with Gasteiger partial charge < -0.3 is 89.9 Å². The van der Waals surface area contributed by atoms with E-state index in [0.717, 1.165) is 38.5 Å². The summed E-state index contributed by atoms with van der Waals surface area (Å²) in [7, 11) is 0. The lowest BCUT2D eigenvalue weighted by molar-refractivity contribution is -0.379. The normalized spacial score (nSPS) is 34.3. The number of aliphatic hydroxyl groups excluding tert-OH is 11. The molecule has 17 unspecified atom stereocenters. The molecule has 65 heavy (non-hydrogen) atoms. The number of rotatable bonds is 32. The number of unbranched alkanes of at least 4 members (excludes halogenated alkanes) is 14. The van der Waals surface area contributed by atoms with Crippen LogP contribution >= 0.6 is 0 Å². The number of nitrogens with one attached hydrogen (secondary N) is 1. The van der Waals surface area contributed by atoms with Gasteiger partial charge in [-0.1, -0.05) is 115 Å². The van der Waals surface area contributed by atoms with Crippen molar-refractivity contribution in [2.45, 2.75) is 234 Å². The van der Waals surface area contributed by atoms with Gasteiger partial charge in [-0.2, -0.15) is 0 Å². The maximum absolute atomic E-state index is 12.9. The number of carbonyl (C=O) groups excluding carboxylic acids is 1. The van der Waals surface area contributed by atoms with E-state index in [4.69, 9.17) is 28.4 Å². The Kier molecular flexibility index (Phi) is 28.5. The molecule has 3 saturated heterocycles. The Morgan fingerprint density at radius 3 is 1.54 bits per heavy atom. The molecule has 19 nitrogen and oxygen atoms in total. The molecule has 3 heterocycles. The van der Waals surface area contributed by atoms with Crippen LogP contribution in [-0.4, -0.2) is 193 Å². The van der Waals surface area contributed by atoms with Crippen molar-refractivity contribution in [1.82, 2.24) is 5.32 Å². The van der Waals surface area contributed by atoms with Crippen LogP contribution < -0.4 is 5.32 Å². The minimum absolute atomic E-state index is 0.227. The SMILES string of the molecule is CCCCCCCCCCCC/C=C/CC/C=C/C(O)C(COC1OC(CO)C(OC2OC(CO)C(OC3OC(CO)C(O)C(O)C3O)C(O)C2O)C(O)C1O)NC(=O)CCCCCC. The lowest BCUT2D eigenvalue weighted by Crippen LogP contribution is -2.66. The summed E-state index contributed by atoms with van der Waals surface area (Å²) in [6.45, 7) is 1.51. The summed E-state index contributed by atoms with van der Waals surface area (Å²) in [5.41, 5.74) is 0. The van der Waals surface area contributed by atoms with Crippen molar-refractivity contribution in [1.29, 1.82) is 0 Å². The summed E-state index contributed by atoms with van der Waals surface area (Å²) in [6, 6.07) is -0.980. The van der Waals surface area contributed by atoms with Crippen LogP contribution in [-0.2, 0) is 33.2 Å². The second-order valence-electron chi connectivity index (χ2n) is 17.6. The van der Waals surface area contributed by atoms with Gasteiger partial charge in [-0.15, -0.1) is 0 Å². The van der Waals surface area contributed by atoms with Gasteiger partial charge in [-0.25, -0.2) is 0 Å². The predicted molar refractivity (Wildman–Crippen MR) is 236 cm³/mol. The molecule has 0 spiro atoms. The maximum atomic E-state index is 12.9. The fraction of sp³-hybridized carbons (Fsp3) is 0.891. The van der Waals surface area contributed by atoms with Crippen LogP contribution in [0, 0.1) is 0 Å². The molecule has 0 aromatic heterocycles. The van der Waals surface area contributed by atoms with Crippen molar-refractivity contribution in [3.05, 3.63) is 24.3 Å². The summed E-state index contributed by atoms with van der Waals surface area (Å²) in [4.78, 5) is 12.9. The molecule has 3 fully saturated rings. The summed E-state index contributed by atoms with van der Waals surface area (Å²) in [6.07, 6.45) is -0.0663. The summed E-state index contributed by atoms with van der Waals surface area (Å²) < 4.78 is 33.9. The van der Waals surface area contributed by atoms with E-state index in [0.29, 0.717) is 12.8 Å². The Labute approximate surface area is 384 Å². The Hall–Kier alpha value is -1.73. The molecule has 17 atom stereocenters. The third-order valence-corrected chi connectivity index (χ3v) is 12.3. The fourth-order valence-corrected chi connectivity index (χ4v) is 8.14. The molecule has 0 saturated carbocycles. The summed E-state index contributed by atoms with van der Waals surface area (Å²) >= 11 is 0. The molecule has 3 aliphatic heterocycles. The lowest BCUT2D eigenvalue weighted by Gasteiger charge is -2.48. The van der Waals surface area contributed by atoms with Gasteiger partial charge in [0.25, 0.3) is 0 Å².